The molecule has 0 aliphatic rings. The summed E-state index contributed by atoms with van der Waals surface area (Å²) >= 11 is 0. The molecule has 0 bridgehead atoms. The molecule has 23 heavy (non-hydrogen) atoms. The molecule has 0 heterocycles. The first kappa shape index (κ1) is 18.8. The van der Waals surface area contributed by atoms with E-state index in [1.165, 1.54) is 0 Å². The topological polar surface area (TPSA) is 73.9 Å². The van der Waals surface area contributed by atoms with E-state index in [4.69, 9.17) is 14.2 Å². The van der Waals surface area contributed by atoms with E-state index in [0.717, 1.165) is 12.0 Å². The second-order valence-corrected chi connectivity index (χ2v) is 5.23. The second kappa shape index (κ2) is 9.71. The van der Waals surface area contributed by atoms with Crippen molar-refractivity contribution in [3.63, 3.8) is 0 Å². The number of rotatable bonds is 9. The Morgan fingerprint density at radius 2 is 1.87 bits per heavy atom. The van der Waals surface area contributed by atoms with Crippen LogP contribution in [0, 0.1) is 0 Å². The van der Waals surface area contributed by atoms with Gasteiger partial charge in [-0.05, 0) is 37.5 Å². The minimum Gasteiger partial charge on any atom is -0.493 e. The molecule has 6 nitrogen and oxygen atoms in total. The van der Waals surface area contributed by atoms with Crippen LogP contribution >= 0.6 is 0 Å². The number of benzene rings is 1. The number of ether oxygens (including phenoxy) is 3. The van der Waals surface area contributed by atoms with Gasteiger partial charge < -0.3 is 19.5 Å². The first-order chi connectivity index (χ1) is 11.0. The van der Waals surface area contributed by atoms with Crippen molar-refractivity contribution in [2.24, 2.45) is 0 Å². The smallest absolute Gasteiger partial charge is 0.306 e. The van der Waals surface area contributed by atoms with Crippen LogP contribution in [0.4, 0.5) is 0 Å². The molecule has 0 saturated carbocycles. The van der Waals surface area contributed by atoms with E-state index < -0.39 is 5.97 Å². The molecule has 0 unspecified atom stereocenters. The Balaban J connectivity index is 2.40. The first-order valence-electron chi connectivity index (χ1n) is 7.66. The Labute approximate surface area is 137 Å². The molecule has 0 fully saturated rings. The number of carbonyl (C=O) groups is 2. The number of methoxy groups -OCH3 is 2. The number of esters is 1. The average molecular weight is 323 g/mol. The second-order valence-electron chi connectivity index (χ2n) is 5.23. The predicted molar refractivity (Wildman–Crippen MR) is 86.7 cm³/mol. The molecule has 0 aliphatic heterocycles. The van der Waals surface area contributed by atoms with Crippen LogP contribution in [0.25, 0.3) is 0 Å². The molecule has 0 aliphatic carbocycles. The summed E-state index contributed by atoms with van der Waals surface area (Å²) in [7, 11) is 3.13. The maximum Gasteiger partial charge on any atom is 0.306 e. The van der Waals surface area contributed by atoms with Gasteiger partial charge in [0.1, 0.15) is 0 Å². The lowest BCUT2D eigenvalue weighted by Gasteiger charge is -2.11. The van der Waals surface area contributed by atoms with E-state index in [2.05, 4.69) is 5.32 Å². The van der Waals surface area contributed by atoms with E-state index in [0.29, 0.717) is 17.9 Å². The monoisotopic (exact) mass is 323 g/mol. The molecule has 0 spiro atoms. The molecule has 1 aromatic rings. The lowest BCUT2D eigenvalue weighted by Crippen LogP contribution is -2.35. The van der Waals surface area contributed by atoms with Crippen molar-refractivity contribution in [3.05, 3.63) is 23.8 Å². The standard InChI is InChI=1S/C17H25NO5/c1-5-12(2)18-16(19)11-23-17(20)9-7-13-6-8-14(21-3)15(10-13)22-4/h6,8,10,12H,5,7,9,11H2,1-4H3,(H,18,19)/t12-/m0/s1. The average Bonchev–Trinajstić information content (AvgIpc) is 2.57. The van der Waals surface area contributed by atoms with Crippen LogP contribution in [-0.2, 0) is 20.7 Å². The fourth-order valence-electron chi connectivity index (χ4n) is 1.92. The highest BCUT2D eigenvalue weighted by Gasteiger charge is 2.11. The normalized spacial score (nSPS) is 11.5. The van der Waals surface area contributed by atoms with Crippen molar-refractivity contribution in [1.82, 2.24) is 5.32 Å². The molecule has 1 amide bonds. The van der Waals surface area contributed by atoms with Gasteiger partial charge in [0, 0.05) is 12.5 Å². The highest BCUT2D eigenvalue weighted by molar-refractivity contribution is 5.80. The Morgan fingerprint density at radius 1 is 1.17 bits per heavy atom. The maximum absolute atomic E-state index is 11.7. The summed E-state index contributed by atoms with van der Waals surface area (Å²) in [4.78, 5) is 23.2. The van der Waals surface area contributed by atoms with Gasteiger partial charge in [0.2, 0.25) is 0 Å². The van der Waals surface area contributed by atoms with Gasteiger partial charge in [-0.1, -0.05) is 13.0 Å². The summed E-state index contributed by atoms with van der Waals surface area (Å²) < 4.78 is 15.3. The van der Waals surface area contributed by atoms with Gasteiger partial charge in [-0.15, -0.1) is 0 Å². The minimum absolute atomic E-state index is 0.0768. The van der Waals surface area contributed by atoms with E-state index in [1.807, 2.05) is 26.0 Å². The van der Waals surface area contributed by atoms with E-state index in [-0.39, 0.29) is 25.0 Å². The molecular weight excluding hydrogens is 298 g/mol. The number of hydrogen-bond donors (Lipinski definition) is 1. The fraction of sp³-hybridized carbons (Fsp3) is 0.529. The van der Waals surface area contributed by atoms with Crippen LogP contribution in [0.5, 0.6) is 11.5 Å². The lowest BCUT2D eigenvalue weighted by molar-refractivity contribution is -0.148. The molecule has 0 aromatic heterocycles. The van der Waals surface area contributed by atoms with Crippen molar-refractivity contribution in [2.75, 3.05) is 20.8 Å². The highest BCUT2D eigenvalue weighted by atomic mass is 16.5. The van der Waals surface area contributed by atoms with Gasteiger partial charge in [0.05, 0.1) is 14.2 Å². The minimum atomic E-state index is -0.404. The molecule has 128 valence electrons. The van der Waals surface area contributed by atoms with E-state index >= 15 is 0 Å². The van der Waals surface area contributed by atoms with Crippen molar-refractivity contribution < 1.29 is 23.8 Å². The van der Waals surface area contributed by atoms with Crippen LogP contribution in [0.3, 0.4) is 0 Å². The molecule has 1 N–H and O–H groups in total. The fourth-order valence-corrected chi connectivity index (χ4v) is 1.92. The van der Waals surface area contributed by atoms with Gasteiger partial charge in [-0.2, -0.15) is 0 Å². The van der Waals surface area contributed by atoms with Crippen LogP contribution in [-0.4, -0.2) is 38.7 Å². The van der Waals surface area contributed by atoms with Gasteiger partial charge in [0.15, 0.2) is 18.1 Å². The Morgan fingerprint density at radius 3 is 2.48 bits per heavy atom. The number of hydrogen-bond acceptors (Lipinski definition) is 5. The third-order valence-corrected chi connectivity index (χ3v) is 3.45. The van der Waals surface area contributed by atoms with Crippen molar-refractivity contribution in [1.29, 1.82) is 0 Å². The Bertz CT molecular complexity index is 530. The zero-order valence-corrected chi connectivity index (χ0v) is 14.2. The van der Waals surface area contributed by atoms with E-state index in [9.17, 15) is 9.59 Å². The highest BCUT2D eigenvalue weighted by Crippen LogP contribution is 2.27. The number of carbonyl (C=O) groups excluding carboxylic acids is 2. The van der Waals surface area contributed by atoms with E-state index in [1.54, 1.807) is 20.3 Å². The molecule has 0 saturated heterocycles. The van der Waals surface area contributed by atoms with Gasteiger partial charge >= 0.3 is 5.97 Å². The molecular formula is C17H25NO5. The van der Waals surface area contributed by atoms with Crippen LogP contribution in [0.15, 0.2) is 18.2 Å². The van der Waals surface area contributed by atoms with Gasteiger partial charge in [-0.25, -0.2) is 0 Å². The van der Waals surface area contributed by atoms with Crippen molar-refractivity contribution in [2.45, 2.75) is 39.2 Å². The molecule has 1 rings (SSSR count). The Kier molecular flexibility index (Phi) is 7.94. The third kappa shape index (κ3) is 6.59. The quantitative estimate of drug-likeness (QED) is 0.705. The molecule has 1 atom stereocenters. The zero-order chi connectivity index (χ0) is 17.2. The van der Waals surface area contributed by atoms with Crippen LogP contribution < -0.4 is 14.8 Å². The molecule has 0 radical (unpaired) electrons. The van der Waals surface area contributed by atoms with Gasteiger partial charge in [-0.3, -0.25) is 9.59 Å². The SMILES string of the molecule is CC[C@H](C)NC(=O)COC(=O)CCc1ccc(OC)c(OC)c1. The lowest BCUT2D eigenvalue weighted by atomic mass is 10.1. The summed E-state index contributed by atoms with van der Waals surface area (Å²) in [5.74, 6) is 0.574. The predicted octanol–water partition coefficient (Wildman–Crippen LogP) is 2.09. The number of amides is 1. The zero-order valence-electron chi connectivity index (χ0n) is 14.2. The number of nitrogens with one attached hydrogen (secondary N) is 1. The van der Waals surface area contributed by atoms with Crippen molar-refractivity contribution in [3.8, 4) is 11.5 Å². The molecule has 6 heteroatoms. The third-order valence-electron chi connectivity index (χ3n) is 3.45. The largest absolute Gasteiger partial charge is 0.493 e. The number of aryl methyl sites for hydroxylation is 1. The summed E-state index contributed by atoms with van der Waals surface area (Å²) in [6, 6.07) is 5.55. The van der Waals surface area contributed by atoms with Crippen LogP contribution in [0.1, 0.15) is 32.3 Å². The summed E-state index contributed by atoms with van der Waals surface area (Å²) in [6.45, 7) is 3.63. The van der Waals surface area contributed by atoms with Gasteiger partial charge in [0.25, 0.3) is 5.91 Å². The first-order valence-corrected chi connectivity index (χ1v) is 7.66. The Hall–Kier alpha value is -2.24. The summed E-state index contributed by atoms with van der Waals surface area (Å²) in [5, 5.41) is 2.74. The van der Waals surface area contributed by atoms with Crippen molar-refractivity contribution >= 4 is 11.9 Å². The summed E-state index contributed by atoms with van der Waals surface area (Å²) in [5.41, 5.74) is 0.934. The summed E-state index contributed by atoms with van der Waals surface area (Å²) in [6.07, 6.45) is 1.54. The van der Waals surface area contributed by atoms with Crippen LogP contribution in [0.2, 0.25) is 0 Å². The molecule has 1 aromatic carbocycles. The maximum atomic E-state index is 11.7.